The maximum Gasteiger partial charge on any atom is 0.342 e. The Morgan fingerprint density at radius 3 is 2.34 bits per heavy atom. The van der Waals surface area contributed by atoms with Gasteiger partial charge in [-0.15, -0.1) is 12.3 Å². The molecule has 38 heavy (non-hydrogen) atoms. The minimum absolute atomic E-state index is 0.143. The number of hydrogen-bond acceptors (Lipinski definition) is 5. The van der Waals surface area contributed by atoms with E-state index in [1.807, 2.05) is 24.3 Å². The summed E-state index contributed by atoms with van der Waals surface area (Å²) in [5.74, 6) is 3.08. The van der Waals surface area contributed by atoms with Crippen LogP contribution in [0.2, 0.25) is 17.6 Å². The monoisotopic (exact) mass is 534 g/mol. The van der Waals surface area contributed by atoms with Crippen molar-refractivity contribution >= 4 is 25.3 Å². The highest BCUT2D eigenvalue weighted by Gasteiger charge is 2.37. The number of carbonyl (C=O) groups excluding carboxylic acids is 1. The lowest BCUT2D eigenvalue weighted by Crippen LogP contribution is -2.41. The predicted octanol–water partition coefficient (Wildman–Crippen LogP) is 8.54. The first-order valence-electron chi connectivity index (χ1n) is 13.6. The second-order valence-corrected chi connectivity index (χ2v) is 15.6. The van der Waals surface area contributed by atoms with Crippen molar-refractivity contribution in [2.45, 2.75) is 84.5 Å². The normalized spacial score (nSPS) is 11.8. The Labute approximate surface area is 229 Å². The number of unbranched alkanes of at least 4 members (excludes halogenated alkanes) is 1. The first-order valence-corrected chi connectivity index (χ1v) is 16.2. The van der Waals surface area contributed by atoms with Crippen LogP contribution in [-0.4, -0.2) is 28.0 Å². The van der Waals surface area contributed by atoms with E-state index in [2.05, 4.69) is 59.2 Å². The van der Waals surface area contributed by atoms with E-state index in [4.69, 9.17) is 24.7 Å². The maximum absolute atomic E-state index is 13.4. The molecule has 204 valence electrons. The second kappa shape index (κ2) is 13.2. The molecule has 0 aliphatic rings. The number of terminal acetylenes is 1. The highest BCUT2D eigenvalue weighted by Crippen LogP contribution is 2.40. The molecular weight excluding hydrogens is 492 g/mol. The summed E-state index contributed by atoms with van der Waals surface area (Å²) in [5.41, 5.74) is 4.82. The van der Waals surface area contributed by atoms with Gasteiger partial charge in [0.05, 0.1) is 13.7 Å². The van der Waals surface area contributed by atoms with Crippen molar-refractivity contribution < 1.29 is 23.1 Å². The highest BCUT2D eigenvalue weighted by atomic mass is 28.4. The van der Waals surface area contributed by atoms with Crippen LogP contribution in [0.4, 0.5) is 0 Å². The van der Waals surface area contributed by atoms with E-state index in [9.17, 15) is 4.79 Å². The molecule has 6 heteroatoms. The number of carbonyl (C=O) groups is 1. The molecule has 5 nitrogen and oxygen atoms in total. The third-order valence-electron chi connectivity index (χ3n) is 7.60. The molecule has 1 aromatic heterocycles. The smallest absolute Gasteiger partial charge is 0.342 e. The van der Waals surface area contributed by atoms with Gasteiger partial charge in [-0.2, -0.15) is 0 Å². The van der Waals surface area contributed by atoms with Gasteiger partial charge in [0.25, 0.3) is 0 Å². The summed E-state index contributed by atoms with van der Waals surface area (Å²) in [6.07, 6.45) is 9.01. The number of methoxy groups -OCH3 is 1. The van der Waals surface area contributed by atoms with Gasteiger partial charge in [-0.3, -0.25) is 0 Å². The zero-order chi connectivity index (χ0) is 27.9. The molecule has 0 unspecified atom stereocenters. The summed E-state index contributed by atoms with van der Waals surface area (Å²) in [5, 5.41) is 0.649. The highest BCUT2D eigenvalue weighted by molar-refractivity contribution is 6.75. The van der Waals surface area contributed by atoms with E-state index in [-0.39, 0.29) is 6.61 Å². The molecule has 0 amide bonds. The van der Waals surface area contributed by atoms with E-state index in [1.165, 1.54) is 5.56 Å². The molecule has 0 fully saturated rings. The third-order valence-corrected chi connectivity index (χ3v) is 12.9. The van der Waals surface area contributed by atoms with Crippen LogP contribution in [0.15, 0.2) is 40.8 Å². The van der Waals surface area contributed by atoms with Crippen LogP contribution in [-0.2, 0) is 22.2 Å². The van der Waals surface area contributed by atoms with Crippen molar-refractivity contribution in [2.75, 3.05) is 13.7 Å². The van der Waals surface area contributed by atoms with Gasteiger partial charge in [-0.05, 0) is 53.7 Å². The third kappa shape index (κ3) is 6.51. The van der Waals surface area contributed by atoms with Crippen LogP contribution in [0, 0.1) is 12.3 Å². The zero-order valence-electron chi connectivity index (χ0n) is 24.0. The fraction of sp³-hybridized carbons (Fsp3) is 0.469. The van der Waals surface area contributed by atoms with E-state index in [1.54, 1.807) is 7.11 Å². The van der Waals surface area contributed by atoms with Gasteiger partial charge in [0, 0.05) is 17.4 Å². The standard InChI is InChI=1S/C32H42O5Si/c1-9-11-13-24-14-16-26(17-15-24)30-29(32(33)35-18-12-10-2)27-19-25(20-28(34-7)31(27)37-30)21-36-38(8,22(3)4)23(5)6/h2,14-17,19-20,22-23H,9,11-13,18,21H2,1,3-8H3. The van der Waals surface area contributed by atoms with Crippen molar-refractivity contribution in [3.05, 3.63) is 53.1 Å². The molecular formula is C32H42O5Si. The zero-order valence-corrected chi connectivity index (χ0v) is 25.0. The minimum atomic E-state index is -1.98. The molecule has 0 N–H and O–H groups in total. The quantitative estimate of drug-likeness (QED) is 0.0951. The summed E-state index contributed by atoms with van der Waals surface area (Å²) in [6.45, 7) is 14.0. The van der Waals surface area contributed by atoms with Crippen LogP contribution in [0.1, 0.15) is 75.4 Å². The summed E-state index contributed by atoms with van der Waals surface area (Å²) < 4.78 is 24.2. The Balaban J connectivity index is 2.10. The molecule has 0 atom stereocenters. The topological polar surface area (TPSA) is 57.9 Å². The number of ether oxygens (including phenoxy) is 2. The maximum atomic E-state index is 13.4. The first-order chi connectivity index (χ1) is 18.2. The Hall–Kier alpha value is -3.01. The summed E-state index contributed by atoms with van der Waals surface area (Å²) in [7, 11) is -0.369. The van der Waals surface area contributed by atoms with E-state index < -0.39 is 14.3 Å². The molecule has 0 aliphatic heterocycles. The van der Waals surface area contributed by atoms with Gasteiger partial charge in [-0.25, -0.2) is 4.79 Å². The molecule has 0 aliphatic carbocycles. The van der Waals surface area contributed by atoms with E-state index in [0.717, 1.165) is 30.4 Å². The molecule has 0 saturated carbocycles. The second-order valence-electron chi connectivity index (χ2n) is 10.7. The van der Waals surface area contributed by atoms with Gasteiger partial charge in [-0.1, -0.05) is 65.3 Å². The average molecular weight is 535 g/mol. The van der Waals surface area contributed by atoms with Crippen molar-refractivity contribution in [1.29, 1.82) is 0 Å². The van der Waals surface area contributed by atoms with Gasteiger partial charge < -0.3 is 18.3 Å². The van der Waals surface area contributed by atoms with Crippen molar-refractivity contribution in [2.24, 2.45) is 0 Å². The lowest BCUT2D eigenvalue weighted by Gasteiger charge is -2.35. The molecule has 1 heterocycles. The van der Waals surface area contributed by atoms with Crippen LogP contribution >= 0.6 is 0 Å². The van der Waals surface area contributed by atoms with Gasteiger partial charge in [0.2, 0.25) is 0 Å². The first kappa shape index (κ1) is 29.5. The Morgan fingerprint density at radius 2 is 1.76 bits per heavy atom. The summed E-state index contributed by atoms with van der Waals surface area (Å²) in [6, 6.07) is 12.1. The van der Waals surface area contributed by atoms with Crippen LogP contribution < -0.4 is 4.74 Å². The molecule has 0 radical (unpaired) electrons. The molecule has 3 rings (SSSR count). The summed E-state index contributed by atoms with van der Waals surface area (Å²) >= 11 is 0. The molecule has 0 spiro atoms. The largest absolute Gasteiger partial charge is 0.493 e. The van der Waals surface area contributed by atoms with Crippen LogP contribution in [0.5, 0.6) is 5.75 Å². The Morgan fingerprint density at radius 1 is 1.08 bits per heavy atom. The molecule has 0 saturated heterocycles. The van der Waals surface area contributed by atoms with E-state index in [0.29, 0.717) is 52.2 Å². The number of benzene rings is 2. The fourth-order valence-corrected chi connectivity index (χ4v) is 7.06. The SMILES string of the molecule is C#CCCOC(=O)c1c(-c2ccc(CCCC)cc2)oc2c(OC)cc(CO[Si](C)(C(C)C)C(C)C)cc12. The number of hydrogen-bond donors (Lipinski definition) is 0. The van der Waals surface area contributed by atoms with Crippen molar-refractivity contribution in [3.8, 4) is 29.4 Å². The van der Waals surface area contributed by atoms with Crippen molar-refractivity contribution in [3.63, 3.8) is 0 Å². The lowest BCUT2D eigenvalue weighted by molar-refractivity contribution is 0.0516. The fourth-order valence-electron chi connectivity index (χ4n) is 4.58. The summed E-state index contributed by atoms with van der Waals surface area (Å²) in [4.78, 5) is 13.4. The van der Waals surface area contributed by atoms with Gasteiger partial charge in [0.1, 0.15) is 17.9 Å². The molecule has 0 bridgehead atoms. The van der Waals surface area contributed by atoms with Gasteiger partial charge in [0.15, 0.2) is 19.6 Å². The molecule has 2 aromatic carbocycles. The number of fused-ring (bicyclic) bond motifs is 1. The van der Waals surface area contributed by atoms with Crippen LogP contribution in [0.3, 0.4) is 0 Å². The number of esters is 1. The number of furan rings is 1. The number of rotatable bonds is 13. The Kier molecular flexibility index (Phi) is 10.2. The van der Waals surface area contributed by atoms with E-state index >= 15 is 0 Å². The van der Waals surface area contributed by atoms with Gasteiger partial charge >= 0.3 is 5.97 Å². The lowest BCUT2D eigenvalue weighted by atomic mass is 10.0. The Bertz CT molecular complexity index is 1260. The molecule has 3 aromatic rings. The number of aryl methyl sites for hydroxylation is 1. The van der Waals surface area contributed by atoms with Crippen LogP contribution in [0.25, 0.3) is 22.3 Å². The minimum Gasteiger partial charge on any atom is -0.493 e. The van der Waals surface area contributed by atoms with Crippen molar-refractivity contribution in [1.82, 2.24) is 0 Å². The predicted molar refractivity (Wildman–Crippen MR) is 157 cm³/mol. The average Bonchev–Trinajstić information content (AvgIpc) is 3.29.